The summed E-state index contributed by atoms with van der Waals surface area (Å²) in [6.45, 7) is 0.458. The lowest BCUT2D eigenvalue weighted by Crippen LogP contribution is -2.27. The molecule has 6 heteroatoms. The first-order valence-electron chi connectivity index (χ1n) is 7.04. The van der Waals surface area contributed by atoms with Crippen molar-refractivity contribution in [2.45, 2.75) is 36.6 Å². The van der Waals surface area contributed by atoms with Crippen LogP contribution < -0.4 is 5.32 Å². The number of aromatic carboxylic acids is 1. The Bertz CT molecular complexity index is 715. The summed E-state index contributed by atoms with van der Waals surface area (Å²) >= 11 is 0. The standard InChI is InChI=1S/C15H17NO4S/c17-15(18)10-5-6-14-13(7-10)11(9-21(14,19)20)8-16-12-3-1-2-4-12/h5-7,9,12,16H,1-4,8H2,(H,17,18). The molecule has 1 aromatic rings. The molecule has 2 aliphatic rings. The summed E-state index contributed by atoms with van der Waals surface area (Å²) in [5.74, 6) is -1.05. The molecule has 3 rings (SSSR count). The highest BCUT2D eigenvalue weighted by Crippen LogP contribution is 2.34. The minimum absolute atomic E-state index is 0.109. The highest BCUT2D eigenvalue weighted by atomic mass is 32.2. The summed E-state index contributed by atoms with van der Waals surface area (Å²) in [5, 5.41) is 13.7. The van der Waals surface area contributed by atoms with Gasteiger partial charge in [-0.15, -0.1) is 0 Å². The third-order valence-corrected chi connectivity index (χ3v) is 5.68. The molecule has 1 fully saturated rings. The summed E-state index contributed by atoms with van der Waals surface area (Å²) in [7, 11) is -3.44. The van der Waals surface area contributed by atoms with Gasteiger partial charge in [-0.05, 0) is 42.2 Å². The monoisotopic (exact) mass is 307 g/mol. The van der Waals surface area contributed by atoms with Crippen LogP contribution in [0.4, 0.5) is 0 Å². The molecule has 0 aromatic heterocycles. The number of fused-ring (bicyclic) bond motifs is 1. The van der Waals surface area contributed by atoms with Crippen LogP contribution in [0.25, 0.3) is 5.57 Å². The Morgan fingerprint density at radius 1 is 1.29 bits per heavy atom. The largest absolute Gasteiger partial charge is 0.478 e. The lowest BCUT2D eigenvalue weighted by atomic mass is 10.0. The molecule has 0 amide bonds. The summed E-state index contributed by atoms with van der Waals surface area (Å²) in [5.41, 5.74) is 1.28. The lowest BCUT2D eigenvalue weighted by Gasteiger charge is -2.12. The van der Waals surface area contributed by atoms with E-state index in [-0.39, 0.29) is 10.5 Å². The number of benzene rings is 1. The van der Waals surface area contributed by atoms with E-state index in [0.29, 0.717) is 23.7 Å². The van der Waals surface area contributed by atoms with Crippen molar-refractivity contribution in [1.29, 1.82) is 0 Å². The van der Waals surface area contributed by atoms with Crippen LogP contribution >= 0.6 is 0 Å². The first-order valence-corrected chi connectivity index (χ1v) is 8.59. The molecule has 1 aromatic carbocycles. The number of nitrogens with one attached hydrogen (secondary N) is 1. The Balaban J connectivity index is 1.89. The summed E-state index contributed by atoms with van der Waals surface area (Å²) in [4.78, 5) is 11.3. The number of sulfone groups is 1. The van der Waals surface area contributed by atoms with Crippen LogP contribution in [0, 0.1) is 0 Å². The minimum Gasteiger partial charge on any atom is -0.478 e. The maximum Gasteiger partial charge on any atom is 0.335 e. The average Bonchev–Trinajstić information content (AvgIpc) is 3.03. The van der Waals surface area contributed by atoms with Crippen molar-refractivity contribution in [1.82, 2.24) is 5.32 Å². The highest BCUT2D eigenvalue weighted by Gasteiger charge is 2.28. The maximum atomic E-state index is 12.1. The number of hydrogen-bond donors (Lipinski definition) is 2. The van der Waals surface area contributed by atoms with Crippen LogP contribution in [-0.4, -0.2) is 32.1 Å². The Morgan fingerprint density at radius 3 is 2.67 bits per heavy atom. The second kappa shape index (κ2) is 5.27. The van der Waals surface area contributed by atoms with Gasteiger partial charge in [-0.3, -0.25) is 0 Å². The predicted octanol–water partition coefficient (Wildman–Crippen LogP) is 2.05. The van der Waals surface area contributed by atoms with Gasteiger partial charge < -0.3 is 10.4 Å². The van der Waals surface area contributed by atoms with Gasteiger partial charge in [0.15, 0.2) is 0 Å². The summed E-state index contributed by atoms with van der Waals surface area (Å²) in [6.07, 6.45) is 4.63. The van der Waals surface area contributed by atoms with Crippen molar-refractivity contribution in [3.63, 3.8) is 0 Å². The van der Waals surface area contributed by atoms with E-state index in [1.807, 2.05) is 0 Å². The average molecular weight is 307 g/mol. The third kappa shape index (κ3) is 2.73. The van der Waals surface area contributed by atoms with Gasteiger partial charge in [0.05, 0.1) is 10.5 Å². The first kappa shape index (κ1) is 14.3. The Morgan fingerprint density at radius 2 is 2.00 bits per heavy atom. The second-order valence-corrected chi connectivity index (χ2v) is 7.33. The minimum atomic E-state index is -3.44. The molecule has 112 valence electrons. The van der Waals surface area contributed by atoms with Crippen LogP contribution in [0.1, 0.15) is 41.6 Å². The molecule has 0 atom stereocenters. The highest BCUT2D eigenvalue weighted by molar-refractivity contribution is 7.95. The van der Waals surface area contributed by atoms with Crippen LogP contribution in [0.2, 0.25) is 0 Å². The maximum absolute atomic E-state index is 12.1. The van der Waals surface area contributed by atoms with E-state index < -0.39 is 15.8 Å². The van der Waals surface area contributed by atoms with Crippen LogP contribution in [0.5, 0.6) is 0 Å². The molecule has 1 aliphatic carbocycles. The van der Waals surface area contributed by atoms with Gasteiger partial charge in [-0.2, -0.15) is 0 Å². The number of carboxylic acid groups (broad SMARTS) is 1. The van der Waals surface area contributed by atoms with E-state index in [0.717, 1.165) is 12.8 Å². The zero-order valence-corrected chi connectivity index (χ0v) is 12.3. The van der Waals surface area contributed by atoms with E-state index in [4.69, 9.17) is 5.11 Å². The number of hydrogen-bond acceptors (Lipinski definition) is 4. The van der Waals surface area contributed by atoms with Gasteiger partial charge >= 0.3 is 5.97 Å². The summed E-state index contributed by atoms with van der Waals surface area (Å²) in [6, 6.07) is 4.59. The van der Waals surface area contributed by atoms with Gasteiger partial charge in [0.1, 0.15) is 0 Å². The van der Waals surface area contributed by atoms with Crippen LogP contribution in [-0.2, 0) is 9.84 Å². The lowest BCUT2D eigenvalue weighted by molar-refractivity contribution is 0.0696. The normalized spacial score (nSPS) is 20.3. The number of rotatable bonds is 4. The Kier molecular flexibility index (Phi) is 3.59. The molecule has 1 heterocycles. The molecule has 2 N–H and O–H groups in total. The Labute approximate surface area is 123 Å². The van der Waals surface area contributed by atoms with Gasteiger partial charge in [-0.1, -0.05) is 12.8 Å². The Hall–Kier alpha value is -1.66. The van der Waals surface area contributed by atoms with Crippen molar-refractivity contribution >= 4 is 21.4 Å². The fraction of sp³-hybridized carbons (Fsp3) is 0.400. The van der Waals surface area contributed by atoms with Crippen molar-refractivity contribution in [3.05, 3.63) is 34.7 Å². The molecular formula is C15H17NO4S. The quantitative estimate of drug-likeness (QED) is 0.889. The van der Waals surface area contributed by atoms with Crippen molar-refractivity contribution < 1.29 is 18.3 Å². The fourth-order valence-corrected chi connectivity index (χ4v) is 4.46. The molecule has 0 bridgehead atoms. The van der Waals surface area contributed by atoms with Gasteiger partial charge in [0, 0.05) is 18.0 Å². The zero-order valence-electron chi connectivity index (χ0n) is 11.5. The van der Waals surface area contributed by atoms with E-state index in [2.05, 4.69) is 5.32 Å². The zero-order chi connectivity index (χ0) is 15.0. The number of carbonyl (C=O) groups is 1. The molecule has 0 radical (unpaired) electrons. The molecule has 5 nitrogen and oxygen atoms in total. The molecule has 21 heavy (non-hydrogen) atoms. The van der Waals surface area contributed by atoms with Crippen LogP contribution in [0.3, 0.4) is 0 Å². The van der Waals surface area contributed by atoms with Crippen molar-refractivity contribution in [3.8, 4) is 0 Å². The molecule has 1 saturated carbocycles. The van der Waals surface area contributed by atoms with Gasteiger partial charge in [0.25, 0.3) is 0 Å². The molecule has 0 spiro atoms. The van der Waals surface area contributed by atoms with Crippen LogP contribution in [0.15, 0.2) is 28.5 Å². The SMILES string of the molecule is O=C(O)c1ccc2c(c1)C(CNC1CCCC1)=CS2(=O)=O. The van der Waals surface area contributed by atoms with E-state index in [9.17, 15) is 13.2 Å². The number of carboxylic acids is 1. The predicted molar refractivity (Wildman–Crippen MR) is 78.8 cm³/mol. The molecule has 0 unspecified atom stereocenters. The van der Waals surface area contributed by atoms with Crippen molar-refractivity contribution in [2.75, 3.05) is 6.54 Å². The van der Waals surface area contributed by atoms with E-state index >= 15 is 0 Å². The van der Waals surface area contributed by atoms with E-state index in [1.165, 1.54) is 36.4 Å². The molecular weight excluding hydrogens is 290 g/mol. The van der Waals surface area contributed by atoms with Gasteiger partial charge in [0.2, 0.25) is 9.84 Å². The second-order valence-electron chi connectivity index (χ2n) is 5.57. The first-order chi connectivity index (χ1) is 9.97. The van der Waals surface area contributed by atoms with E-state index in [1.54, 1.807) is 0 Å². The van der Waals surface area contributed by atoms with Gasteiger partial charge in [-0.25, -0.2) is 13.2 Å². The smallest absolute Gasteiger partial charge is 0.335 e. The fourth-order valence-electron chi connectivity index (χ4n) is 3.00. The third-order valence-electron chi connectivity index (χ3n) is 4.11. The van der Waals surface area contributed by atoms with Crippen molar-refractivity contribution in [2.24, 2.45) is 0 Å². The molecule has 0 saturated heterocycles. The summed E-state index contributed by atoms with van der Waals surface area (Å²) < 4.78 is 24.2. The molecule has 1 aliphatic heterocycles. The topological polar surface area (TPSA) is 83.5 Å².